The van der Waals surface area contributed by atoms with Gasteiger partial charge in [0.2, 0.25) is 0 Å². The number of nitrogens with zero attached hydrogens (tertiary/aromatic N) is 2. The highest BCUT2D eigenvalue weighted by molar-refractivity contribution is 6.04. The average Bonchev–Trinajstić information content (AvgIpc) is 3.02. The minimum atomic E-state index is -1.11. The predicted molar refractivity (Wildman–Crippen MR) is 109 cm³/mol. The molecule has 2 amide bonds. The Labute approximate surface area is 168 Å². The average molecular weight is 396 g/mol. The molecule has 0 aliphatic carbocycles. The Bertz CT molecular complexity index is 857. The zero-order valence-electron chi connectivity index (χ0n) is 16.1. The Morgan fingerprint density at radius 3 is 2.14 bits per heavy atom. The number of carbonyl (C=O) groups excluding carboxylic acids is 2. The first kappa shape index (κ1) is 20.3. The molecule has 0 radical (unpaired) electrons. The van der Waals surface area contributed by atoms with E-state index < -0.39 is 18.4 Å². The van der Waals surface area contributed by atoms with E-state index in [9.17, 15) is 14.4 Å². The molecule has 0 atom stereocenters. The van der Waals surface area contributed by atoms with E-state index in [1.54, 1.807) is 24.4 Å². The fraction of sp³-hybridized carbons (Fsp3) is 0.333. The maximum atomic E-state index is 12.4. The van der Waals surface area contributed by atoms with Crippen molar-refractivity contribution in [3.63, 3.8) is 0 Å². The molecular formula is C21H24N4O4. The normalized spacial score (nSPS) is 14.0. The number of anilines is 2. The molecule has 152 valence electrons. The molecule has 1 fully saturated rings. The molecule has 8 heteroatoms. The number of hydrogen-bond acceptors (Lipinski definition) is 5. The maximum absolute atomic E-state index is 12.4. The Morgan fingerprint density at radius 2 is 1.55 bits per heavy atom. The van der Waals surface area contributed by atoms with Gasteiger partial charge in [-0.05, 0) is 49.2 Å². The fourth-order valence-corrected chi connectivity index (χ4v) is 3.17. The quantitative estimate of drug-likeness (QED) is 0.692. The molecule has 1 aliphatic heterocycles. The van der Waals surface area contributed by atoms with Crippen LogP contribution in [0.3, 0.4) is 0 Å². The highest BCUT2D eigenvalue weighted by Gasteiger charge is 2.13. The SMILES string of the molecule is O=C(O)CNC(=O)c1ccc(NC(=O)c2ccc(N3CCCCCC3)nc2)cc1. The van der Waals surface area contributed by atoms with Crippen LogP contribution in [0.15, 0.2) is 42.6 Å². The molecule has 1 aliphatic rings. The van der Waals surface area contributed by atoms with Crippen molar-refractivity contribution in [3.05, 3.63) is 53.7 Å². The second-order valence-electron chi connectivity index (χ2n) is 6.91. The largest absolute Gasteiger partial charge is 0.480 e. The molecule has 3 N–H and O–H groups in total. The van der Waals surface area contributed by atoms with Crippen LogP contribution >= 0.6 is 0 Å². The molecule has 2 heterocycles. The number of aliphatic carboxylic acids is 1. The van der Waals surface area contributed by atoms with Crippen LogP contribution in [0.2, 0.25) is 0 Å². The first-order valence-electron chi connectivity index (χ1n) is 9.65. The topological polar surface area (TPSA) is 112 Å². The van der Waals surface area contributed by atoms with Crippen LogP contribution < -0.4 is 15.5 Å². The summed E-state index contributed by atoms with van der Waals surface area (Å²) < 4.78 is 0. The van der Waals surface area contributed by atoms with Crippen LogP contribution in [-0.2, 0) is 4.79 Å². The van der Waals surface area contributed by atoms with E-state index in [1.165, 1.54) is 25.0 Å². The summed E-state index contributed by atoms with van der Waals surface area (Å²) in [5.41, 5.74) is 1.29. The summed E-state index contributed by atoms with van der Waals surface area (Å²) in [5, 5.41) is 13.6. The van der Waals surface area contributed by atoms with Crippen molar-refractivity contribution in [1.29, 1.82) is 0 Å². The number of carbonyl (C=O) groups is 3. The minimum Gasteiger partial charge on any atom is -0.480 e. The summed E-state index contributed by atoms with van der Waals surface area (Å²) in [6.07, 6.45) is 6.39. The van der Waals surface area contributed by atoms with Gasteiger partial charge in [0.25, 0.3) is 11.8 Å². The molecule has 0 saturated carbocycles. The number of carboxylic acid groups (broad SMARTS) is 1. The number of hydrogen-bond donors (Lipinski definition) is 3. The summed E-state index contributed by atoms with van der Waals surface area (Å²) in [6.45, 7) is 1.54. The van der Waals surface area contributed by atoms with Gasteiger partial charge in [0.1, 0.15) is 12.4 Å². The summed E-state index contributed by atoms with van der Waals surface area (Å²) in [4.78, 5) is 41.5. The van der Waals surface area contributed by atoms with Gasteiger partial charge < -0.3 is 20.6 Å². The lowest BCUT2D eigenvalue weighted by Crippen LogP contribution is -2.29. The third-order valence-corrected chi connectivity index (χ3v) is 4.75. The third-order valence-electron chi connectivity index (χ3n) is 4.75. The first-order chi connectivity index (χ1) is 14.0. The standard InChI is InChI=1S/C21H24N4O4/c26-19(27)14-23-20(28)15-5-8-17(9-6-15)24-21(29)16-7-10-18(22-13-16)25-11-3-1-2-4-12-25/h5-10,13H,1-4,11-12,14H2,(H,23,28)(H,24,29)(H,26,27). The number of aromatic nitrogens is 1. The highest BCUT2D eigenvalue weighted by Crippen LogP contribution is 2.18. The van der Waals surface area contributed by atoms with Gasteiger partial charge in [-0.1, -0.05) is 12.8 Å². The summed E-state index contributed by atoms with van der Waals surface area (Å²) in [6, 6.07) is 9.85. The Balaban J connectivity index is 1.58. The van der Waals surface area contributed by atoms with E-state index in [2.05, 4.69) is 20.5 Å². The lowest BCUT2D eigenvalue weighted by atomic mass is 10.2. The molecule has 2 aromatic rings. The molecule has 0 bridgehead atoms. The predicted octanol–water partition coefficient (Wildman–Crippen LogP) is 2.53. The van der Waals surface area contributed by atoms with E-state index in [-0.39, 0.29) is 5.91 Å². The third kappa shape index (κ3) is 5.78. The first-order valence-corrected chi connectivity index (χ1v) is 9.65. The minimum absolute atomic E-state index is 0.289. The van der Waals surface area contributed by atoms with Crippen LogP contribution in [-0.4, -0.2) is 47.5 Å². The van der Waals surface area contributed by atoms with Gasteiger partial charge in [-0.3, -0.25) is 14.4 Å². The van der Waals surface area contributed by atoms with E-state index in [0.717, 1.165) is 31.7 Å². The molecule has 1 aromatic carbocycles. The van der Waals surface area contributed by atoms with Gasteiger partial charge in [-0.2, -0.15) is 0 Å². The molecule has 0 unspecified atom stereocenters. The number of carboxylic acids is 1. The van der Waals surface area contributed by atoms with Crippen LogP contribution in [0.25, 0.3) is 0 Å². The highest BCUT2D eigenvalue weighted by atomic mass is 16.4. The molecule has 3 rings (SSSR count). The maximum Gasteiger partial charge on any atom is 0.322 e. The number of amides is 2. The van der Waals surface area contributed by atoms with E-state index in [1.807, 2.05) is 6.07 Å². The number of nitrogens with one attached hydrogen (secondary N) is 2. The molecule has 0 spiro atoms. The number of pyridine rings is 1. The van der Waals surface area contributed by atoms with Crippen LogP contribution in [0.1, 0.15) is 46.4 Å². The lowest BCUT2D eigenvalue weighted by molar-refractivity contribution is -0.135. The summed E-state index contributed by atoms with van der Waals surface area (Å²) in [7, 11) is 0. The van der Waals surface area contributed by atoms with Crippen molar-refractivity contribution in [2.45, 2.75) is 25.7 Å². The van der Waals surface area contributed by atoms with Crippen LogP contribution in [0.4, 0.5) is 11.5 Å². The number of benzene rings is 1. The van der Waals surface area contributed by atoms with Gasteiger partial charge in [0.15, 0.2) is 0 Å². The number of rotatable bonds is 6. The van der Waals surface area contributed by atoms with Gasteiger partial charge in [-0.15, -0.1) is 0 Å². The Kier molecular flexibility index (Phi) is 6.78. The zero-order chi connectivity index (χ0) is 20.6. The second kappa shape index (κ2) is 9.68. The lowest BCUT2D eigenvalue weighted by Gasteiger charge is -2.21. The van der Waals surface area contributed by atoms with E-state index in [4.69, 9.17) is 5.11 Å². The monoisotopic (exact) mass is 396 g/mol. The molecular weight excluding hydrogens is 372 g/mol. The Hall–Kier alpha value is -3.42. The Morgan fingerprint density at radius 1 is 0.897 bits per heavy atom. The van der Waals surface area contributed by atoms with E-state index >= 15 is 0 Å². The van der Waals surface area contributed by atoms with Crippen molar-refractivity contribution >= 4 is 29.3 Å². The van der Waals surface area contributed by atoms with Crippen molar-refractivity contribution in [1.82, 2.24) is 10.3 Å². The van der Waals surface area contributed by atoms with Crippen molar-refractivity contribution in [2.24, 2.45) is 0 Å². The van der Waals surface area contributed by atoms with E-state index in [0.29, 0.717) is 16.8 Å². The molecule has 1 saturated heterocycles. The van der Waals surface area contributed by atoms with Crippen molar-refractivity contribution < 1.29 is 19.5 Å². The van der Waals surface area contributed by atoms with Gasteiger partial charge in [0, 0.05) is 30.5 Å². The second-order valence-corrected chi connectivity index (χ2v) is 6.91. The molecule has 1 aromatic heterocycles. The van der Waals surface area contributed by atoms with Gasteiger partial charge in [-0.25, -0.2) is 4.98 Å². The molecule has 29 heavy (non-hydrogen) atoms. The van der Waals surface area contributed by atoms with Crippen molar-refractivity contribution in [2.75, 3.05) is 29.9 Å². The fourth-order valence-electron chi connectivity index (χ4n) is 3.17. The zero-order valence-corrected chi connectivity index (χ0v) is 16.1. The van der Waals surface area contributed by atoms with Crippen LogP contribution in [0.5, 0.6) is 0 Å². The summed E-state index contributed by atoms with van der Waals surface area (Å²) in [5.74, 6) is -1.00. The molecule has 8 nitrogen and oxygen atoms in total. The smallest absolute Gasteiger partial charge is 0.322 e. The van der Waals surface area contributed by atoms with Gasteiger partial charge in [0.05, 0.1) is 5.56 Å². The van der Waals surface area contributed by atoms with Crippen molar-refractivity contribution in [3.8, 4) is 0 Å². The summed E-state index contributed by atoms with van der Waals surface area (Å²) >= 11 is 0. The van der Waals surface area contributed by atoms with Crippen LogP contribution in [0, 0.1) is 0 Å². The van der Waals surface area contributed by atoms with Gasteiger partial charge >= 0.3 is 5.97 Å².